The lowest BCUT2D eigenvalue weighted by atomic mass is 9.99. The van der Waals surface area contributed by atoms with Gasteiger partial charge in [0.05, 0.1) is 17.0 Å². The van der Waals surface area contributed by atoms with Gasteiger partial charge in [0.15, 0.2) is 5.43 Å². The van der Waals surface area contributed by atoms with Gasteiger partial charge in [0.25, 0.3) is 0 Å². The number of fused-ring (bicyclic) bond motifs is 1. The van der Waals surface area contributed by atoms with Crippen molar-refractivity contribution >= 4 is 28.9 Å². The number of nitrogens with zero attached hydrogens (tertiary/aromatic N) is 1. The van der Waals surface area contributed by atoms with Gasteiger partial charge in [-0.05, 0) is 53.2 Å². The molecule has 0 saturated carbocycles. The minimum Gasteiger partial charge on any atom is -0.455 e. The summed E-state index contributed by atoms with van der Waals surface area (Å²) in [6, 6.07) is 3.21. The average Bonchev–Trinajstić information content (AvgIpc) is 2.61. The van der Waals surface area contributed by atoms with Crippen molar-refractivity contribution in [2.45, 2.75) is 53.2 Å². The van der Waals surface area contributed by atoms with Crippen LogP contribution in [0.3, 0.4) is 0 Å². The van der Waals surface area contributed by atoms with E-state index in [-0.39, 0.29) is 5.43 Å². The monoisotopic (exact) mass is 399 g/mol. The molecule has 1 amide bonds. The second-order valence-corrected chi connectivity index (χ2v) is 7.99. The maximum absolute atomic E-state index is 13.0. The number of allylic oxidation sites excluding steroid dienone is 1. The van der Waals surface area contributed by atoms with E-state index in [1.807, 2.05) is 19.9 Å². The van der Waals surface area contributed by atoms with Crippen LogP contribution in [0.2, 0.25) is 0 Å². The summed E-state index contributed by atoms with van der Waals surface area (Å²) in [6.07, 6.45) is 2.34. The molecule has 3 N–H and O–H groups in total. The van der Waals surface area contributed by atoms with Gasteiger partial charge < -0.3 is 20.2 Å². The van der Waals surface area contributed by atoms with Crippen LogP contribution in [0.5, 0.6) is 0 Å². The molecule has 0 unspecified atom stereocenters. The van der Waals surface area contributed by atoms with E-state index in [4.69, 9.17) is 14.9 Å². The Morgan fingerprint density at radius 1 is 1.31 bits per heavy atom. The molecular weight excluding hydrogens is 370 g/mol. The highest BCUT2D eigenvalue weighted by Crippen LogP contribution is 2.28. The lowest BCUT2D eigenvalue weighted by Crippen LogP contribution is -2.34. The number of nitrogens with two attached hydrogens (primary N) is 1. The van der Waals surface area contributed by atoms with Crippen molar-refractivity contribution in [1.82, 2.24) is 5.32 Å². The predicted octanol–water partition coefficient (Wildman–Crippen LogP) is 4.00. The van der Waals surface area contributed by atoms with E-state index in [1.54, 1.807) is 40.8 Å². The normalized spacial score (nSPS) is 13.7. The highest BCUT2D eigenvalue weighted by molar-refractivity contribution is 6.09. The zero-order valence-electron chi connectivity index (χ0n) is 18.0. The summed E-state index contributed by atoms with van der Waals surface area (Å²) < 4.78 is 11.5. The number of hydrogen-bond acceptors (Lipinski definition) is 6. The van der Waals surface area contributed by atoms with Gasteiger partial charge in [-0.1, -0.05) is 6.07 Å². The summed E-state index contributed by atoms with van der Waals surface area (Å²) in [5.41, 5.74) is 7.84. The van der Waals surface area contributed by atoms with Crippen molar-refractivity contribution < 1.29 is 13.9 Å². The zero-order valence-corrected chi connectivity index (χ0v) is 18.0. The quantitative estimate of drug-likeness (QED) is 0.756. The maximum atomic E-state index is 13.0. The van der Waals surface area contributed by atoms with Crippen molar-refractivity contribution in [2.24, 2.45) is 10.7 Å². The molecule has 0 bridgehead atoms. The molecule has 2 aromatic rings. The fraction of sp³-hybridized carbons (Fsp3) is 0.409. The van der Waals surface area contributed by atoms with Gasteiger partial charge in [-0.2, -0.15) is 0 Å². The number of alkyl carbamates (subject to hydrolysis) is 1. The number of hydrogen-bond donors (Lipinski definition) is 2. The van der Waals surface area contributed by atoms with E-state index in [2.05, 4.69) is 10.3 Å². The maximum Gasteiger partial charge on any atom is 0.408 e. The first kappa shape index (κ1) is 22.2. The minimum atomic E-state index is -0.615. The number of carbonyl (C=O) groups excluding carboxylic acids is 1. The summed E-state index contributed by atoms with van der Waals surface area (Å²) in [6.45, 7) is 10.8. The van der Waals surface area contributed by atoms with E-state index >= 15 is 0 Å². The van der Waals surface area contributed by atoms with Gasteiger partial charge in [0, 0.05) is 30.6 Å². The van der Waals surface area contributed by atoms with Crippen LogP contribution in [-0.2, 0) is 4.74 Å². The Kier molecular flexibility index (Phi) is 6.51. The summed E-state index contributed by atoms with van der Waals surface area (Å²) in [7, 11) is 1.61. The Morgan fingerprint density at radius 3 is 2.52 bits per heavy atom. The molecule has 1 atom stereocenters. The number of aliphatic imine (C=N–C) groups is 1. The third-order valence-corrected chi connectivity index (χ3v) is 4.30. The molecular formula is C22H29N3O4. The lowest BCUT2D eigenvalue weighted by Gasteiger charge is -2.22. The molecule has 0 spiro atoms. The molecule has 2 rings (SSSR count). The van der Waals surface area contributed by atoms with Crippen LogP contribution in [0.1, 0.15) is 56.2 Å². The van der Waals surface area contributed by atoms with Crippen molar-refractivity contribution in [2.75, 3.05) is 7.05 Å². The van der Waals surface area contributed by atoms with Crippen LogP contribution >= 0.6 is 0 Å². The van der Waals surface area contributed by atoms with Crippen molar-refractivity contribution in [3.8, 4) is 0 Å². The predicted molar refractivity (Wildman–Crippen MR) is 116 cm³/mol. The lowest BCUT2D eigenvalue weighted by molar-refractivity contribution is 0.0508. The van der Waals surface area contributed by atoms with Gasteiger partial charge in [0.2, 0.25) is 0 Å². The van der Waals surface area contributed by atoms with E-state index in [0.29, 0.717) is 33.4 Å². The molecule has 0 aliphatic carbocycles. The summed E-state index contributed by atoms with van der Waals surface area (Å²) in [4.78, 5) is 29.2. The number of amides is 1. The molecule has 1 heterocycles. The Bertz CT molecular complexity index is 1040. The van der Waals surface area contributed by atoms with Crippen molar-refractivity contribution in [3.05, 3.63) is 51.0 Å². The van der Waals surface area contributed by atoms with E-state index < -0.39 is 17.7 Å². The number of ether oxygens (including phenoxy) is 1. The number of aryl methyl sites for hydroxylation is 1. The standard InChI is InChI=1S/C22H29N3O4/c1-12-8-16(14(3)25-21(27)29-22(4,5)6)20-17(9-12)18(26)13(2)19(28-20)15(10-23)11-24-7/h8-11,14H,23H2,1-7H3,(H,25,27)/b15-10+,24-11?/t14-/m1/s1. The van der Waals surface area contributed by atoms with Crippen LogP contribution in [-0.4, -0.2) is 25.0 Å². The molecule has 0 aliphatic rings. The second-order valence-electron chi connectivity index (χ2n) is 7.99. The smallest absolute Gasteiger partial charge is 0.408 e. The molecule has 156 valence electrons. The first-order chi connectivity index (χ1) is 13.5. The summed E-state index contributed by atoms with van der Waals surface area (Å²) >= 11 is 0. The second kappa shape index (κ2) is 8.51. The number of nitrogens with one attached hydrogen (secondary N) is 1. The van der Waals surface area contributed by atoms with Crippen LogP contribution in [0, 0.1) is 13.8 Å². The molecule has 0 saturated heterocycles. The SMILES string of the molecule is CN=C/C(=C\N)c1oc2c([C@@H](C)NC(=O)OC(C)(C)C)cc(C)cc2c(=O)c1C. The van der Waals surface area contributed by atoms with Crippen LogP contribution in [0.15, 0.2) is 32.5 Å². The van der Waals surface area contributed by atoms with Crippen molar-refractivity contribution in [3.63, 3.8) is 0 Å². The minimum absolute atomic E-state index is 0.153. The fourth-order valence-electron chi connectivity index (χ4n) is 3.04. The largest absolute Gasteiger partial charge is 0.455 e. The molecule has 0 radical (unpaired) electrons. The van der Waals surface area contributed by atoms with Gasteiger partial charge in [-0.3, -0.25) is 9.79 Å². The van der Waals surface area contributed by atoms with E-state index in [9.17, 15) is 9.59 Å². The van der Waals surface area contributed by atoms with Crippen LogP contribution in [0.25, 0.3) is 16.5 Å². The van der Waals surface area contributed by atoms with E-state index in [0.717, 1.165) is 5.56 Å². The topological polar surface area (TPSA) is 107 Å². The fourth-order valence-corrected chi connectivity index (χ4v) is 3.04. The first-order valence-electron chi connectivity index (χ1n) is 9.40. The Labute approximate surface area is 170 Å². The van der Waals surface area contributed by atoms with Gasteiger partial charge in [-0.15, -0.1) is 0 Å². The number of rotatable bonds is 4. The Morgan fingerprint density at radius 2 is 1.97 bits per heavy atom. The Balaban J connectivity index is 2.65. The molecule has 7 heteroatoms. The van der Waals surface area contributed by atoms with Gasteiger partial charge in [0.1, 0.15) is 16.9 Å². The molecule has 29 heavy (non-hydrogen) atoms. The molecule has 1 aromatic heterocycles. The van der Waals surface area contributed by atoms with Crippen molar-refractivity contribution in [1.29, 1.82) is 0 Å². The van der Waals surface area contributed by atoms with Gasteiger partial charge >= 0.3 is 6.09 Å². The number of carbonyl (C=O) groups is 1. The van der Waals surface area contributed by atoms with Gasteiger partial charge in [-0.25, -0.2) is 4.79 Å². The highest BCUT2D eigenvalue weighted by atomic mass is 16.6. The van der Waals surface area contributed by atoms with Crippen LogP contribution < -0.4 is 16.5 Å². The molecule has 7 nitrogen and oxygen atoms in total. The zero-order chi connectivity index (χ0) is 21.9. The Hall–Kier alpha value is -3.09. The molecule has 1 aromatic carbocycles. The van der Waals surface area contributed by atoms with E-state index in [1.165, 1.54) is 12.4 Å². The third kappa shape index (κ3) is 5.04. The summed E-state index contributed by atoms with van der Waals surface area (Å²) in [5.74, 6) is 0.352. The summed E-state index contributed by atoms with van der Waals surface area (Å²) in [5, 5.41) is 3.25. The average molecular weight is 399 g/mol. The molecule has 0 aliphatic heterocycles. The number of benzene rings is 1. The molecule has 0 fully saturated rings. The first-order valence-corrected chi connectivity index (χ1v) is 9.40. The highest BCUT2D eigenvalue weighted by Gasteiger charge is 2.22. The third-order valence-electron chi connectivity index (χ3n) is 4.30. The van der Waals surface area contributed by atoms with Crippen LogP contribution in [0.4, 0.5) is 4.79 Å².